The molecular weight excluding hydrogens is 337 g/mol. The standard InChI is InChI=1S/C17H17ClFNO4/c1-22-15-4-2-3-5-16(15)23-9-8-20-17(21)11-24-12-6-7-14(19)13(18)10-12/h2-7,10H,8-9,11H2,1H3,(H,20,21). The van der Waals surface area contributed by atoms with Crippen LogP contribution in [0.5, 0.6) is 17.2 Å². The van der Waals surface area contributed by atoms with Gasteiger partial charge in [0.05, 0.1) is 18.7 Å². The van der Waals surface area contributed by atoms with Crippen LogP contribution in [-0.4, -0.2) is 32.8 Å². The van der Waals surface area contributed by atoms with Gasteiger partial charge in [0.25, 0.3) is 5.91 Å². The Kier molecular flexibility index (Phi) is 6.69. The van der Waals surface area contributed by atoms with E-state index in [1.807, 2.05) is 12.1 Å². The average molecular weight is 354 g/mol. The van der Waals surface area contributed by atoms with Gasteiger partial charge < -0.3 is 19.5 Å². The van der Waals surface area contributed by atoms with Crippen molar-refractivity contribution in [1.82, 2.24) is 5.32 Å². The monoisotopic (exact) mass is 353 g/mol. The molecule has 0 atom stereocenters. The molecule has 0 bridgehead atoms. The number of hydrogen-bond acceptors (Lipinski definition) is 4. The highest BCUT2D eigenvalue weighted by molar-refractivity contribution is 6.30. The minimum atomic E-state index is -0.540. The normalized spacial score (nSPS) is 10.1. The molecule has 2 aromatic rings. The summed E-state index contributed by atoms with van der Waals surface area (Å²) in [6.07, 6.45) is 0. The predicted octanol–water partition coefficient (Wildman–Crippen LogP) is 3.06. The summed E-state index contributed by atoms with van der Waals surface area (Å²) in [4.78, 5) is 11.7. The third-order valence-electron chi connectivity index (χ3n) is 3.01. The number of carbonyl (C=O) groups is 1. The quantitative estimate of drug-likeness (QED) is 0.741. The van der Waals surface area contributed by atoms with E-state index < -0.39 is 5.82 Å². The third-order valence-corrected chi connectivity index (χ3v) is 3.30. The van der Waals surface area contributed by atoms with Gasteiger partial charge in [0, 0.05) is 6.07 Å². The van der Waals surface area contributed by atoms with Crippen molar-refractivity contribution < 1.29 is 23.4 Å². The number of hydrogen-bond donors (Lipinski definition) is 1. The van der Waals surface area contributed by atoms with Crippen LogP contribution in [0.15, 0.2) is 42.5 Å². The van der Waals surface area contributed by atoms with E-state index in [4.69, 9.17) is 25.8 Å². The minimum absolute atomic E-state index is 0.0573. The van der Waals surface area contributed by atoms with Gasteiger partial charge in [-0.25, -0.2) is 4.39 Å². The van der Waals surface area contributed by atoms with E-state index in [-0.39, 0.29) is 24.1 Å². The van der Waals surface area contributed by atoms with Crippen molar-refractivity contribution in [3.05, 3.63) is 53.3 Å². The third kappa shape index (κ3) is 5.31. The number of methoxy groups -OCH3 is 1. The summed E-state index contributed by atoms with van der Waals surface area (Å²) in [5.74, 6) is 0.689. The van der Waals surface area contributed by atoms with Crippen LogP contribution in [0.25, 0.3) is 0 Å². The van der Waals surface area contributed by atoms with Crippen molar-refractivity contribution in [2.24, 2.45) is 0 Å². The molecule has 128 valence electrons. The Morgan fingerprint density at radius 3 is 2.62 bits per heavy atom. The second-order valence-electron chi connectivity index (χ2n) is 4.71. The fourth-order valence-corrected chi connectivity index (χ4v) is 2.03. The van der Waals surface area contributed by atoms with Crippen LogP contribution in [0.2, 0.25) is 5.02 Å². The van der Waals surface area contributed by atoms with E-state index in [2.05, 4.69) is 5.32 Å². The summed E-state index contributed by atoms with van der Waals surface area (Å²) < 4.78 is 28.9. The van der Waals surface area contributed by atoms with Crippen LogP contribution in [0.3, 0.4) is 0 Å². The molecule has 24 heavy (non-hydrogen) atoms. The average Bonchev–Trinajstić information content (AvgIpc) is 2.60. The highest BCUT2D eigenvalue weighted by Crippen LogP contribution is 2.25. The lowest BCUT2D eigenvalue weighted by molar-refractivity contribution is -0.123. The smallest absolute Gasteiger partial charge is 0.258 e. The number of benzene rings is 2. The summed E-state index contributed by atoms with van der Waals surface area (Å²) in [6.45, 7) is 0.398. The fraction of sp³-hybridized carbons (Fsp3) is 0.235. The molecule has 0 spiro atoms. The first kappa shape index (κ1) is 17.9. The van der Waals surface area contributed by atoms with E-state index in [0.29, 0.717) is 23.8 Å². The van der Waals surface area contributed by atoms with Gasteiger partial charge in [-0.05, 0) is 24.3 Å². The van der Waals surface area contributed by atoms with Crippen molar-refractivity contribution >= 4 is 17.5 Å². The van der Waals surface area contributed by atoms with Gasteiger partial charge in [-0.2, -0.15) is 0 Å². The zero-order chi connectivity index (χ0) is 17.4. The number of ether oxygens (including phenoxy) is 3. The fourth-order valence-electron chi connectivity index (χ4n) is 1.86. The first-order chi connectivity index (χ1) is 11.6. The van der Waals surface area contributed by atoms with E-state index in [9.17, 15) is 9.18 Å². The molecule has 7 heteroatoms. The van der Waals surface area contributed by atoms with Crippen molar-refractivity contribution in [1.29, 1.82) is 0 Å². The van der Waals surface area contributed by atoms with Crippen molar-refractivity contribution in [3.8, 4) is 17.2 Å². The van der Waals surface area contributed by atoms with E-state index in [1.54, 1.807) is 19.2 Å². The summed E-state index contributed by atoms with van der Waals surface area (Å²) >= 11 is 5.63. The van der Waals surface area contributed by atoms with Gasteiger partial charge in [-0.1, -0.05) is 23.7 Å². The first-order valence-electron chi connectivity index (χ1n) is 7.20. The second kappa shape index (κ2) is 8.98. The number of amides is 1. The Morgan fingerprint density at radius 1 is 1.17 bits per heavy atom. The van der Waals surface area contributed by atoms with Crippen LogP contribution >= 0.6 is 11.6 Å². The molecular formula is C17H17ClFNO4. The lowest BCUT2D eigenvalue weighted by Gasteiger charge is -2.11. The molecule has 0 aliphatic heterocycles. The second-order valence-corrected chi connectivity index (χ2v) is 5.12. The maximum absolute atomic E-state index is 13.0. The van der Waals surface area contributed by atoms with E-state index in [1.165, 1.54) is 18.2 Å². The van der Waals surface area contributed by atoms with Gasteiger partial charge in [0.1, 0.15) is 18.2 Å². The Bertz CT molecular complexity index is 696. The largest absolute Gasteiger partial charge is 0.493 e. The topological polar surface area (TPSA) is 56.8 Å². The van der Waals surface area contributed by atoms with Crippen LogP contribution in [0.1, 0.15) is 0 Å². The molecule has 0 aliphatic carbocycles. The molecule has 2 aromatic carbocycles. The highest BCUT2D eigenvalue weighted by atomic mass is 35.5. The number of nitrogens with one attached hydrogen (secondary N) is 1. The number of carbonyl (C=O) groups excluding carboxylic acids is 1. The number of para-hydroxylation sites is 2. The van der Waals surface area contributed by atoms with Crippen LogP contribution < -0.4 is 19.5 Å². The summed E-state index contributed by atoms with van der Waals surface area (Å²) in [6, 6.07) is 11.1. The van der Waals surface area contributed by atoms with E-state index in [0.717, 1.165) is 0 Å². The molecule has 0 saturated carbocycles. The maximum Gasteiger partial charge on any atom is 0.258 e. The van der Waals surface area contributed by atoms with Crippen LogP contribution in [0.4, 0.5) is 4.39 Å². The Morgan fingerprint density at radius 2 is 1.92 bits per heavy atom. The Hall–Kier alpha value is -2.47. The lowest BCUT2D eigenvalue weighted by atomic mass is 10.3. The molecule has 0 aromatic heterocycles. The van der Waals surface area contributed by atoms with Gasteiger partial charge >= 0.3 is 0 Å². The number of rotatable bonds is 8. The maximum atomic E-state index is 13.0. The summed E-state index contributed by atoms with van der Waals surface area (Å²) in [7, 11) is 1.56. The Labute approximate surface area is 144 Å². The van der Waals surface area contributed by atoms with Crippen LogP contribution in [0, 0.1) is 5.82 Å². The zero-order valence-electron chi connectivity index (χ0n) is 13.1. The molecule has 1 N–H and O–H groups in total. The summed E-state index contributed by atoms with van der Waals surface area (Å²) in [5, 5.41) is 2.59. The van der Waals surface area contributed by atoms with Crippen molar-refractivity contribution in [2.75, 3.05) is 26.9 Å². The molecule has 2 rings (SSSR count). The summed E-state index contributed by atoms with van der Waals surface area (Å²) in [5.41, 5.74) is 0. The molecule has 1 amide bonds. The Balaban J connectivity index is 1.69. The highest BCUT2D eigenvalue weighted by Gasteiger charge is 2.06. The van der Waals surface area contributed by atoms with Gasteiger partial charge in [0.15, 0.2) is 18.1 Å². The first-order valence-corrected chi connectivity index (χ1v) is 7.58. The molecule has 0 unspecified atom stereocenters. The van der Waals surface area contributed by atoms with E-state index >= 15 is 0 Å². The van der Waals surface area contributed by atoms with Gasteiger partial charge in [0.2, 0.25) is 0 Å². The lowest BCUT2D eigenvalue weighted by Crippen LogP contribution is -2.32. The molecule has 0 radical (unpaired) electrons. The molecule has 0 aliphatic rings. The predicted molar refractivity (Wildman–Crippen MR) is 88.4 cm³/mol. The molecule has 0 saturated heterocycles. The molecule has 0 heterocycles. The molecule has 5 nitrogen and oxygen atoms in total. The van der Waals surface area contributed by atoms with Crippen LogP contribution in [-0.2, 0) is 4.79 Å². The molecule has 0 fully saturated rings. The van der Waals surface area contributed by atoms with Gasteiger partial charge in [-0.15, -0.1) is 0 Å². The minimum Gasteiger partial charge on any atom is -0.493 e. The number of halogens is 2. The zero-order valence-corrected chi connectivity index (χ0v) is 13.8. The van der Waals surface area contributed by atoms with Crippen molar-refractivity contribution in [2.45, 2.75) is 0 Å². The SMILES string of the molecule is COc1ccccc1OCCNC(=O)COc1ccc(F)c(Cl)c1. The van der Waals surface area contributed by atoms with Crippen molar-refractivity contribution in [3.63, 3.8) is 0 Å². The van der Waals surface area contributed by atoms with Gasteiger partial charge in [-0.3, -0.25) is 4.79 Å².